The van der Waals surface area contributed by atoms with Crippen LogP contribution in [0.4, 0.5) is 48.3 Å². The maximum atomic E-state index is 15.3. The van der Waals surface area contributed by atoms with Crippen LogP contribution >= 0.6 is 26.3 Å². The molecule has 19 heteroatoms. The molecule has 2 saturated heterocycles. The zero-order valence-electron chi connectivity index (χ0n) is 21.3. The topological polar surface area (TPSA) is 50.8 Å². The van der Waals surface area contributed by atoms with Gasteiger partial charge in [0.15, 0.2) is 0 Å². The van der Waals surface area contributed by atoms with E-state index >= 15 is 8.78 Å². The monoisotopic (exact) mass is 691 g/mol. The molecule has 5 nitrogen and oxygen atoms in total. The van der Waals surface area contributed by atoms with E-state index < -0.39 is 75.0 Å². The molecule has 0 bridgehead atoms. The Morgan fingerprint density at radius 3 is 2.12 bits per heavy atom. The fraction of sp³-hybridized carbons (Fsp3) is 0.458. The van der Waals surface area contributed by atoms with E-state index in [2.05, 4.69) is 5.09 Å². The first-order valence-electron chi connectivity index (χ1n) is 12.4. The second-order valence-electron chi connectivity index (χ2n) is 10.2. The van der Waals surface area contributed by atoms with E-state index in [0.717, 1.165) is 24.3 Å². The Kier molecular flexibility index (Phi) is 7.84. The van der Waals surface area contributed by atoms with Gasteiger partial charge in [0.25, 0.3) is 0 Å². The third-order valence-corrected chi connectivity index (χ3v) is 20.3. The molecule has 3 aliphatic heterocycles. The van der Waals surface area contributed by atoms with Crippen LogP contribution in [0.15, 0.2) is 48.5 Å². The van der Waals surface area contributed by atoms with Crippen molar-refractivity contribution in [2.24, 2.45) is 0 Å². The second-order valence-corrected chi connectivity index (χ2v) is 19.5. The number of fused-ring (bicyclic) bond motifs is 2. The molecule has 0 aromatic heterocycles. The molecular weight excluding hydrogens is 671 g/mol. The van der Waals surface area contributed by atoms with E-state index in [-0.39, 0.29) is 35.3 Å². The van der Waals surface area contributed by atoms with E-state index in [1.54, 1.807) is 0 Å². The molecule has 0 aliphatic carbocycles. The number of alkyl halides is 11. The number of amides is 1. The zero-order valence-corrected chi connectivity index (χ0v) is 24.0. The molecule has 4 unspecified atom stereocenters. The molecule has 2 aromatic rings. The SMILES string of the molecule is O=C1c2ccccc2[PH+]2C(CCCl)CNP23(OC(C(F)(F)F)C(C(F)(F)C(F)(F)C(F)(F)F)O3)N1Cc1ccc(F)cc1. The van der Waals surface area contributed by atoms with Crippen LogP contribution in [0.3, 0.4) is 0 Å². The molecule has 3 heterocycles. The van der Waals surface area contributed by atoms with Crippen molar-refractivity contribution in [2.75, 3.05) is 12.4 Å². The summed E-state index contributed by atoms with van der Waals surface area (Å²) in [5, 5.41) is 2.63. The Hall–Kier alpha value is -1.83. The predicted molar refractivity (Wildman–Crippen MR) is 136 cm³/mol. The van der Waals surface area contributed by atoms with E-state index in [0.29, 0.717) is 4.67 Å². The third kappa shape index (κ3) is 4.74. The number of rotatable bonds is 6. The number of halogens is 12. The Morgan fingerprint density at radius 2 is 1.53 bits per heavy atom. The van der Waals surface area contributed by atoms with Crippen molar-refractivity contribution in [3.05, 3.63) is 65.5 Å². The molecule has 3 aliphatic rings. The van der Waals surface area contributed by atoms with Crippen LogP contribution in [0, 0.1) is 5.82 Å². The van der Waals surface area contributed by atoms with Gasteiger partial charge in [0.05, 0.1) is 0 Å². The second kappa shape index (κ2) is 10.3. The molecule has 4 atom stereocenters. The first kappa shape index (κ1) is 32.6. The van der Waals surface area contributed by atoms with Crippen molar-refractivity contribution in [3.8, 4) is 0 Å². The number of carbonyl (C=O) groups is 1. The Bertz CT molecular complexity index is 1410. The van der Waals surface area contributed by atoms with Gasteiger partial charge in [0.1, 0.15) is 0 Å². The number of nitrogens with zero attached hydrogens (tertiary/aromatic N) is 1. The van der Waals surface area contributed by atoms with Crippen molar-refractivity contribution >= 4 is 37.5 Å². The summed E-state index contributed by atoms with van der Waals surface area (Å²) in [6.07, 6.45) is -21.2. The summed E-state index contributed by atoms with van der Waals surface area (Å²) in [5.74, 6) is -15.5. The molecule has 5 rings (SSSR count). The summed E-state index contributed by atoms with van der Waals surface area (Å²) < 4.78 is 167. The number of hydrogen-bond donors (Lipinski definition) is 1. The predicted octanol–water partition coefficient (Wildman–Crippen LogP) is 7.23. The third-order valence-electron chi connectivity index (χ3n) is 7.59. The van der Waals surface area contributed by atoms with Gasteiger partial charge in [-0.2, -0.15) is 0 Å². The fourth-order valence-electron chi connectivity index (χ4n) is 5.67. The number of carbonyl (C=O) groups excluding carboxylic acids is 1. The van der Waals surface area contributed by atoms with Crippen LogP contribution in [0.25, 0.3) is 0 Å². The molecule has 238 valence electrons. The van der Waals surface area contributed by atoms with Crippen molar-refractivity contribution in [3.63, 3.8) is 0 Å². The van der Waals surface area contributed by atoms with Gasteiger partial charge in [-0.1, -0.05) is 0 Å². The average molecular weight is 692 g/mol. The van der Waals surface area contributed by atoms with Crippen LogP contribution in [0.5, 0.6) is 0 Å². The Morgan fingerprint density at radius 1 is 0.930 bits per heavy atom. The molecule has 0 saturated carbocycles. The van der Waals surface area contributed by atoms with Crippen molar-refractivity contribution in [2.45, 2.75) is 55.0 Å². The first-order chi connectivity index (χ1) is 19.8. The van der Waals surface area contributed by atoms with Crippen LogP contribution < -0.4 is 10.4 Å². The van der Waals surface area contributed by atoms with Gasteiger partial charge in [-0.3, -0.25) is 0 Å². The van der Waals surface area contributed by atoms with Crippen molar-refractivity contribution in [1.29, 1.82) is 0 Å². The van der Waals surface area contributed by atoms with E-state index in [1.165, 1.54) is 24.3 Å². The number of hydrogen-bond acceptors (Lipinski definition) is 4. The minimum atomic E-state index is -6.99. The Balaban J connectivity index is 1.80. The molecular formula is C24H21ClF11N2O3P2+. The number of nitrogens with one attached hydrogen (secondary N) is 1. The summed E-state index contributed by atoms with van der Waals surface area (Å²) in [6.45, 7) is -1.10. The molecule has 1 spiro atoms. The zero-order chi connectivity index (χ0) is 31.8. The van der Waals surface area contributed by atoms with Gasteiger partial charge in [0.2, 0.25) is 0 Å². The van der Waals surface area contributed by atoms with Crippen LogP contribution in [-0.2, 0) is 15.6 Å². The molecule has 2 aromatic carbocycles. The van der Waals surface area contributed by atoms with Gasteiger partial charge < -0.3 is 0 Å². The van der Waals surface area contributed by atoms with Crippen molar-refractivity contribution < 1.29 is 62.1 Å². The average Bonchev–Trinajstić information content (AvgIpc) is 3.45. The van der Waals surface area contributed by atoms with Crippen LogP contribution in [0.1, 0.15) is 22.3 Å². The van der Waals surface area contributed by atoms with Gasteiger partial charge in [-0.05, 0) is 0 Å². The molecule has 1 N–H and O–H groups in total. The standard InChI is InChI=1S/C24H20ClF11N2O3P2/c25-10-9-15-11-37-43(40-18(19(41-43)22(29,30)31)21(27,28)23(32,33)24(34,35)36)38(12-13-5-7-14(26)8-6-13)20(39)16-3-1-2-4-17(16)42(15)43/h1-8,15,18-19,37H,9-12H2/p+1. The minimum absolute atomic E-state index is 0.0108. The summed E-state index contributed by atoms with van der Waals surface area (Å²) in [6, 6.07) is 9.54. The van der Waals surface area contributed by atoms with Gasteiger partial charge in [0, 0.05) is 0 Å². The van der Waals surface area contributed by atoms with E-state index in [9.17, 15) is 44.3 Å². The Labute approximate surface area is 242 Å². The summed E-state index contributed by atoms with van der Waals surface area (Å²) in [5.41, 5.74) is -0.846. The van der Waals surface area contributed by atoms with Gasteiger partial charge in [-0.15, -0.1) is 0 Å². The van der Waals surface area contributed by atoms with Crippen LogP contribution in [0.2, 0.25) is 0 Å². The molecule has 2 fully saturated rings. The fourth-order valence-corrected chi connectivity index (χ4v) is 21.1. The summed E-state index contributed by atoms with van der Waals surface area (Å²) in [4.78, 5) is 14.0. The van der Waals surface area contributed by atoms with Gasteiger partial charge in [-0.25, -0.2) is 0 Å². The van der Waals surface area contributed by atoms with Crippen LogP contribution in [-0.4, -0.2) is 65.1 Å². The van der Waals surface area contributed by atoms with E-state index in [1.807, 2.05) is 0 Å². The van der Waals surface area contributed by atoms with E-state index in [4.69, 9.17) is 20.6 Å². The summed E-state index contributed by atoms with van der Waals surface area (Å²) in [7, 11) is -9.09. The normalized spacial score (nSPS) is 28.0. The molecule has 43 heavy (non-hydrogen) atoms. The molecule has 1 amide bonds. The number of benzene rings is 2. The maximum absolute atomic E-state index is 15.3. The summed E-state index contributed by atoms with van der Waals surface area (Å²) >= 11 is 5.94. The van der Waals surface area contributed by atoms with Gasteiger partial charge >= 0.3 is 242 Å². The first-order valence-corrected chi connectivity index (χ1v) is 17.4. The van der Waals surface area contributed by atoms with Crippen molar-refractivity contribution in [1.82, 2.24) is 9.76 Å². The molecule has 0 radical (unpaired) electrons. The quantitative estimate of drug-likeness (QED) is 0.198.